The second-order valence-electron chi connectivity index (χ2n) is 7.70. The number of para-hydroxylation sites is 1. The number of anilines is 1. The van der Waals surface area contributed by atoms with Crippen LogP contribution in [0.2, 0.25) is 0 Å². The lowest BCUT2D eigenvalue weighted by molar-refractivity contribution is -0.144. The molecular weight excluding hydrogens is 394 g/mol. The highest BCUT2D eigenvalue weighted by atomic mass is 16.5. The first kappa shape index (κ1) is 22.3. The average Bonchev–Trinajstić information content (AvgIpc) is 2.80. The summed E-state index contributed by atoms with van der Waals surface area (Å²) in [4.78, 5) is 38.3. The monoisotopic (exact) mass is 423 g/mol. The van der Waals surface area contributed by atoms with E-state index in [1.807, 2.05) is 61.5 Å². The zero-order chi connectivity index (χ0) is 22.2. The van der Waals surface area contributed by atoms with Gasteiger partial charge in [-0.15, -0.1) is 0 Å². The number of ether oxygens (including phenoxy) is 1. The maximum Gasteiger partial charge on any atom is 0.315 e. The van der Waals surface area contributed by atoms with Crippen LogP contribution in [0.1, 0.15) is 48.1 Å². The van der Waals surface area contributed by atoms with E-state index in [-0.39, 0.29) is 30.3 Å². The highest BCUT2D eigenvalue weighted by Gasteiger charge is 2.24. The molecule has 1 heterocycles. The predicted molar refractivity (Wildman–Crippen MR) is 119 cm³/mol. The van der Waals surface area contributed by atoms with Gasteiger partial charge in [0.1, 0.15) is 6.42 Å². The number of carbonyl (C=O) groups is 3. The largest absolute Gasteiger partial charge is 0.469 e. The summed E-state index contributed by atoms with van der Waals surface area (Å²) < 4.78 is 4.53. The van der Waals surface area contributed by atoms with E-state index in [1.54, 1.807) is 0 Å². The van der Waals surface area contributed by atoms with Crippen molar-refractivity contribution < 1.29 is 19.1 Å². The summed E-state index contributed by atoms with van der Waals surface area (Å²) in [6, 6.07) is 17.4. The van der Waals surface area contributed by atoms with Crippen LogP contribution in [-0.4, -0.2) is 44.0 Å². The molecule has 1 saturated heterocycles. The van der Waals surface area contributed by atoms with Gasteiger partial charge in [-0.2, -0.15) is 0 Å². The molecule has 0 aliphatic carbocycles. The van der Waals surface area contributed by atoms with Crippen LogP contribution in [0.15, 0.2) is 54.6 Å². The lowest BCUT2D eigenvalue weighted by atomic mass is 10.0. The fraction of sp³-hybridized carbons (Fsp3) is 0.375. The van der Waals surface area contributed by atoms with Crippen molar-refractivity contribution in [3.8, 4) is 0 Å². The van der Waals surface area contributed by atoms with E-state index in [4.69, 9.17) is 0 Å². The van der Waals surface area contributed by atoms with E-state index in [1.165, 1.54) is 7.11 Å². The molecule has 1 unspecified atom stereocenters. The van der Waals surface area contributed by atoms with Crippen molar-refractivity contribution in [2.45, 2.75) is 38.3 Å². The number of carbonyl (C=O) groups excluding carboxylic acids is 3. The Kier molecular flexibility index (Phi) is 7.65. The van der Waals surface area contributed by atoms with Gasteiger partial charge in [-0.25, -0.2) is 0 Å². The molecule has 31 heavy (non-hydrogen) atoms. The first-order valence-corrected chi connectivity index (χ1v) is 10.5. The minimum Gasteiger partial charge on any atom is -0.469 e. The summed E-state index contributed by atoms with van der Waals surface area (Å²) in [5.74, 6) is -0.972. The predicted octanol–water partition coefficient (Wildman–Crippen LogP) is 2.83. The van der Waals surface area contributed by atoms with Gasteiger partial charge >= 0.3 is 5.97 Å². The summed E-state index contributed by atoms with van der Waals surface area (Å²) in [6.45, 7) is 3.39. The van der Waals surface area contributed by atoms with Crippen LogP contribution in [0.25, 0.3) is 0 Å². The number of nitrogens with zero attached hydrogens (tertiary/aromatic N) is 1. The highest BCUT2D eigenvalue weighted by molar-refractivity contribution is 6.00. The number of rotatable bonds is 7. The normalized spacial score (nSPS) is 15.1. The molecule has 2 aromatic rings. The van der Waals surface area contributed by atoms with Crippen LogP contribution < -0.4 is 15.5 Å². The number of piperidine rings is 1. The molecule has 1 atom stereocenters. The van der Waals surface area contributed by atoms with Crippen molar-refractivity contribution in [3.63, 3.8) is 0 Å². The second-order valence-corrected chi connectivity index (χ2v) is 7.70. The van der Waals surface area contributed by atoms with Gasteiger partial charge < -0.3 is 20.3 Å². The van der Waals surface area contributed by atoms with Gasteiger partial charge in [-0.1, -0.05) is 42.5 Å². The van der Waals surface area contributed by atoms with Crippen LogP contribution in [0.4, 0.5) is 5.69 Å². The van der Waals surface area contributed by atoms with Crippen molar-refractivity contribution in [2.75, 3.05) is 25.1 Å². The SMILES string of the molecule is COC(=O)CC(=O)NC1CCN(c2ccccc2C(=O)NC(C)c2ccccc2)CC1. The van der Waals surface area contributed by atoms with Crippen molar-refractivity contribution in [1.29, 1.82) is 0 Å². The Hall–Kier alpha value is -3.35. The molecule has 1 aliphatic heterocycles. The van der Waals surface area contributed by atoms with Gasteiger partial charge in [0.25, 0.3) is 5.91 Å². The van der Waals surface area contributed by atoms with Crippen LogP contribution in [0.3, 0.4) is 0 Å². The quantitative estimate of drug-likeness (QED) is 0.528. The van der Waals surface area contributed by atoms with Gasteiger partial charge in [-0.3, -0.25) is 14.4 Å². The number of hydrogen-bond acceptors (Lipinski definition) is 5. The molecule has 0 aromatic heterocycles. The number of methoxy groups -OCH3 is 1. The Bertz CT molecular complexity index is 908. The fourth-order valence-electron chi connectivity index (χ4n) is 3.79. The average molecular weight is 424 g/mol. The summed E-state index contributed by atoms with van der Waals surface area (Å²) in [7, 11) is 1.27. The summed E-state index contributed by atoms with van der Waals surface area (Å²) in [5, 5.41) is 5.98. The smallest absolute Gasteiger partial charge is 0.315 e. The van der Waals surface area contributed by atoms with Crippen molar-refractivity contribution in [3.05, 3.63) is 65.7 Å². The van der Waals surface area contributed by atoms with E-state index < -0.39 is 5.97 Å². The third-order valence-corrected chi connectivity index (χ3v) is 5.53. The molecule has 2 aromatic carbocycles. The Balaban J connectivity index is 1.60. The third-order valence-electron chi connectivity index (χ3n) is 5.53. The van der Waals surface area contributed by atoms with E-state index in [9.17, 15) is 14.4 Å². The molecule has 2 N–H and O–H groups in total. The Morgan fingerprint density at radius 1 is 1.03 bits per heavy atom. The molecule has 164 valence electrons. The molecule has 7 nitrogen and oxygen atoms in total. The van der Waals surface area contributed by atoms with E-state index in [0.717, 1.165) is 24.1 Å². The van der Waals surface area contributed by atoms with Gasteiger partial charge in [0, 0.05) is 24.8 Å². The van der Waals surface area contributed by atoms with Crippen LogP contribution in [-0.2, 0) is 14.3 Å². The minimum absolute atomic E-state index is 0.00694. The number of esters is 1. The van der Waals surface area contributed by atoms with Crippen LogP contribution >= 0.6 is 0 Å². The molecule has 2 amide bonds. The zero-order valence-corrected chi connectivity index (χ0v) is 18.0. The van der Waals surface area contributed by atoms with Gasteiger partial charge in [-0.05, 0) is 37.5 Å². The minimum atomic E-state index is -0.542. The number of amides is 2. The first-order valence-electron chi connectivity index (χ1n) is 10.5. The van der Waals surface area contributed by atoms with Gasteiger partial charge in [0.15, 0.2) is 0 Å². The molecule has 0 spiro atoms. The molecular formula is C24H29N3O4. The van der Waals surface area contributed by atoms with Gasteiger partial charge in [0.2, 0.25) is 5.91 Å². The summed E-state index contributed by atoms with van der Waals surface area (Å²) in [5.41, 5.74) is 2.58. The molecule has 3 rings (SSSR count). The van der Waals surface area contributed by atoms with Crippen molar-refractivity contribution in [2.24, 2.45) is 0 Å². The summed E-state index contributed by atoms with van der Waals surface area (Å²) >= 11 is 0. The molecule has 0 saturated carbocycles. The van der Waals surface area contributed by atoms with E-state index in [2.05, 4.69) is 20.3 Å². The zero-order valence-electron chi connectivity index (χ0n) is 18.0. The Morgan fingerprint density at radius 2 is 1.68 bits per heavy atom. The Morgan fingerprint density at radius 3 is 2.35 bits per heavy atom. The van der Waals surface area contributed by atoms with E-state index >= 15 is 0 Å². The lowest BCUT2D eigenvalue weighted by Crippen LogP contribution is -2.45. The Labute approximate surface area is 182 Å². The maximum atomic E-state index is 13.0. The maximum absolute atomic E-state index is 13.0. The molecule has 0 radical (unpaired) electrons. The first-order chi connectivity index (χ1) is 15.0. The number of benzene rings is 2. The topological polar surface area (TPSA) is 87.7 Å². The fourth-order valence-corrected chi connectivity index (χ4v) is 3.79. The van der Waals surface area contributed by atoms with Crippen LogP contribution in [0, 0.1) is 0 Å². The highest BCUT2D eigenvalue weighted by Crippen LogP contribution is 2.25. The second kappa shape index (κ2) is 10.6. The third kappa shape index (κ3) is 6.07. The molecule has 1 aliphatic rings. The van der Waals surface area contributed by atoms with Crippen LogP contribution in [0.5, 0.6) is 0 Å². The molecule has 0 bridgehead atoms. The number of nitrogens with one attached hydrogen (secondary N) is 2. The molecule has 1 fully saturated rings. The standard InChI is InChI=1S/C24H29N3O4/c1-17(18-8-4-3-5-9-18)25-24(30)20-10-6-7-11-21(20)27-14-12-19(13-15-27)26-22(28)16-23(29)31-2/h3-11,17,19H,12-16H2,1-2H3,(H,25,30)(H,26,28). The lowest BCUT2D eigenvalue weighted by Gasteiger charge is -2.35. The summed E-state index contributed by atoms with van der Waals surface area (Å²) in [6.07, 6.45) is 1.21. The van der Waals surface area contributed by atoms with Crippen molar-refractivity contribution in [1.82, 2.24) is 10.6 Å². The van der Waals surface area contributed by atoms with Gasteiger partial charge in [0.05, 0.1) is 18.7 Å². The number of hydrogen-bond donors (Lipinski definition) is 2. The van der Waals surface area contributed by atoms with Crippen molar-refractivity contribution >= 4 is 23.5 Å². The molecule has 7 heteroatoms. The van der Waals surface area contributed by atoms with E-state index in [0.29, 0.717) is 18.7 Å².